The first-order valence-corrected chi connectivity index (χ1v) is 11.2. The van der Waals surface area contributed by atoms with Crippen LogP contribution in [0.25, 0.3) is 21.4 Å². The maximum Gasteiger partial charge on any atom is 0.281 e. The Hall–Kier alpha value is -3.04. The summed E-state index contributed by atoms with van der Waals surface area (Å²) in [4.78, 5) is 29.0. The Kier molecular flexibility index (Phi) is 5.29. The number of furan rings is 1. The summed E-state index contributed by atoms with van der Waals surface area (Å²) in [5.74, 6) is 1.57. The van der Waals surface area contributed by atoms with E-state index in [1.807, 2.05) is 29.2 Å². The van der Waals surface area contributed by atoms with Crippen LogP contribution in [0.2, 0.25) is 0 Å². The molecule has 0 N–H and O–H groups in total. The largest absolute Gasteiger partial charge is 0.458 e. The van der Waals surface area contributed by atoms with Crippen LogP contribution in [0.3, 0.4) is 0 Å². The summed E-state index contributed by atoms with van der Waals surface area (Å²) in [6.45, 7) is 6.94. The third-order valence-corrected chi connectivity index (χ3v) is 6.52. The molecule has 0 spiro atoms. The van der Waals surface area contributed by atoms with Crippen LogP contribution in [0.15, 0.2) is 41.1 Å². The topological polar surface area (TPSA) is 84.6 Å². The van der Waals surface area contributed by atoms with Crippen molar-refractivity contribution in [3.8, 4) is 10.9 Å². The number of aromatic nitrogens is 3. The van der Waals surface area contributed by atoms with Gasteiger partial charge < -0.3 is 14.1 Å². The average molecular weight is 438 g/mol. The minimum Gasteiger partial charge on any atom is -0.458 e. The zero-order valence-electron chi connectivity index (χ0n) is 17.4. The van der Waals surface area contributed by atoms with Crippen LogP contribution in [0.4, 0.5) is 0 Å². The van der Waals surface area contributed by atoms with Crippen LogP contribution in [-0.4, -0.2) is 56.3 Å². The van der Waals surface area contributed by atoms with Gasteiger partial charge in [-0.3, -0.25) is 9.69 Å². The fourth-order valence-electron chi connectivity index (χ4n) is 4.00. The fraction of sp³-hybridized carbons (Fsp3) is 0.364. The van der Waals surface area contributed by atoms with Crippen molar-refractivity contribution >= 4 is 38.7 Å². The molecule has 8 nitrogen and oxygen atoms in total. The highest BCUT2D eigenvalue weighted by Crippen LogP contribution is 2.31. The lowest BCUT2D eigenvalue weighted by Crippen LogP contribution is -2.37. The molecule has 1 aliphatic heterocycles. The first-order valence-electron chi connectivity index (χ1n) is 10.4. The molecule has 5 heterocycles. The Morgan fingerprint density at radius 1 is 1.39 bits per heavy atom. The summed E-state index contributed by atoms with van der Waals surface area (Å²) in [5.41, 5.74) is 2.15. The van der Waals surface area contributed by atoms with E-state index in [1.54, 1.807) is 19.3 Å². The molecule has 1 unspecified atom stereocenters. The van der Waals surface area contributed by atoms with Crippen molar-refractivity contribution in [2.75, 3.05) is 19.6 Å². The highest BCUT2D eigenvalue weighted by Gasteiger charge is 2.28. The van der Waals surface area contributed by atoms with Gasteiger partial charge in [-0.2, -0.15) is 4.98 Å². The Bertz CT molecular complexity index is 1200. The molecule has 160 valence electrons. The number of rotatable bonds is 6. The van der Waals surface area contributed by atoms with E-state index < -0.39 is 0 Å². The molecule has 0 radical (unpaired) electrons. The van der Waals surface area contributed by atoms with Crippen molar-refractivity contribution in [3.05, 3.63) is 42.4 Å². The molecule has 4 aromatic heterocycles. The standard InChI is InChI=1S/C22H23N5O3S/c1-3-26(15-6-8-27(12-15)14(2)28)13-17-9-18-19(29-17)10-16(11-24-18)30-22-25-21-20(31-22)5-4-7-23-21/h4-5,7,9-11,15H,3,6,8,12-13H2,1-2H3. The van der Waals surface area contributed by atoms with Gasteiger partial charge in [-0.15, -0.1) is 0 Å². The lowest BCUT2D eigenvalue weighted by Gasteiger charge is -2.26. The van der Waals surface area contributed by atoms with Gasteiger partial charge in [0.15, 0.2) is 17.0 Å². The van der Waals surface area contributed by atoms with Crippen molar-refractivity contribution in [2.24, 2.45) is 0 Å². The Morgan fingerprint density at radius 2 is 2.29 bits per heavy atom. The molecule has 0 saturated carbocycles. The van der Waals surface area contributed by atoms with Crippen LogP contribution in [0, 0.1) is 0 Å². The number of nitrogens with zero attached hydrogens (tertiary/aromatic N) is 5. The lowest BCUT2D eigenvalue weighted by molar-refractivity contribution is -0.127. The number of carbonyl (C=O) groups is 1. The lowest BCUT2D eigenvalue weighted by atomic mass is 10.2. The van der Waals surface area contributed by atoms with Gasteiger partial charge >= 0.3 is 0 Å². The Balaban J connectivity index is 1.31. The quantitative estimate of drug-likeness (QED) is 0.450. The van der Waals surface area contributed by atoms with Crippen molar-refractivity contribution in [3.63, 3.8) is 0 Å². The number of likely N-dealkylation sites (N-methyl/N-ethyl adjacent to an activating group) is 1. The predicted octanol–water partition coefficient (Wildman–Crippen LogP) is 4.07. The minimum atomic E-state index is 0.142. The second-order valence-electron chi connectivity index (χ2n) is 7.64. The maximum absolute atomic E-state index is 11.7. The van der Waals surface area contributed by atoms with E-state index in [-0.39, 0.29) is 5.91 Å². The second kappa shape index (κ2) is 8.24. The van der Waals surface area contributed by atoms with Crippen LogP contribution >= 0.6 is 11.3 Å². The molecule has 1 amide bonds. The molecule has 0 aromatic carbocycles. The molecule has 9 heteroatoms. The minimum absolute atomic E-state index is 0.142. The van der Waals surface area contributed by atoms with E-state index in [9.17, 15) is 4.79 Å². The van der Waals surface area contributed by atoms with Gasteiger partial charge in [0.1, 0.15) is 11.3 Å². The number of pyridine rings is 2. The molecular weight excluding hydrogens is 414 g/mol. The molecule has 1 atom stereocenters. The Morgan fingerprint density at radius 3 is 3.06 bits per heavy atom. The van der Waals surface area contributed by atoms with Crippen molar-refractivity contribution < 1.29 is 13.9 Å². The number of hydrogen-bond donors (Lipinski definition) is 0. The van der Waals surface area contributed by atoms with Crippen LogP contribution in [-0.2, 0) is 11.3 Å². The molecule has 1 aliphatic rings. The predicted molar refractivity (Wildman–Crippen MR) is 118 cm³/mol. The third kappa shape index (κ3) is 4.11. The number of hydrogen-bond acceptors (Lipinski definition) is 8. The number of thiazole rings is 1. The summed E-state index contributed by atoms with van der Waals surface area (Å²) in [5, 5.41) is 0.523. The van der Waals surface area contributed by atoms with E-state index >= 15 is 0 Å². The summed E-state index contributed by atoms with van der Waals surface area (Å²) >= 11 is 1.44. The van der Waals surface area contributed by atoms with E-state index in [0.717, 1.165) is 42.0 Å². The summed E-state index contributed by atoms with van der Waals surface area (Å²) in [6.07, 6.45) is 4.38. The molecule has 5 rings (SSSR count). The van der Waals surface area contributed by atoms with Gasteiger partial charge in [0.25, 0.3) is 5.19 Å². The number of amides is 1. The molecule has 0 aliphatic carbocycles. The van der Waals surface area contributed by atoms with Gasteiger partial charge in [0, 0.05) is 44.4 Å². The molecule has 0 bridgehead atoms. The summed E-state index contributed by atoms with van der Waals surface area (Å²) in [6, 6.07) is 8.01. The zero-order chi connectivity index (χ0) is 21.4. The van der Waals surface area contributed by atoms with Gasteiger partial charge in [0.05, 0.1) is 17.4 Å². The van der Waals surface area contributed by atoms with Gasteiger partial charge in [-0.1, -0.05) is 18.3 Å². The third-order valence-electron chi connectivity index (χ3n) is 5.64. The first kappa shape index (κ1) is 19.9. The highest BCUT2D eigenvalue weighted by atomic mass is 32.1. The zero-order valence-corrected chi connectivity index (χ0v) is 18.3. The van der Waals surface area contributed by atoms with Crippen LogP contribution in [0.1, 0.15) is 26.0 Å². The summed E-state index contributed by atoms with van der Waals surface area (Å²) < 4.78 is 12.9. The number of carbonyl (C=O) groups excluding carboxylic acids is 1. The fourth-order valence-corrected chi connectivity index (χ4v) is 4.80. The van der Waals surface area contributed by atoms with E-state index in [1.165, 1.54) is 11.3 Å². The van der Waals surface area contributed by atoms with Gasteiger partial charge in [-0.25, -0.2) is 9.97 Å². The molecule has 31 heavy (non-hydrogen) atoms. The smallest absolute Gasteiger partial charge is 0.281 e. The molecule has 1 fully saturated rings. The van der Waals surface area contributed by atoms with Crippen molar-refractivity contribution in [2.45, 2.75) is 32.9 Å². The first-order chi connectivity index (χ1) is 15.1. The van der Waals surface area contributed by atoms with Crippen LogP contribution in [0.5, 0.6) is 10.9 Å². The second-order valence-corrected chi connectivity index (χ2v) is 8.64. The van der Waals surface area contributed by atoms with Crippen molar-refractivity contribution in [1.82, 2.24) is 24.8 Å². The maximum atomic E-state index is 11.7. The van der Waals surface area contributed by atoms with E-state index in [2.05, 4.69) is 26.8 Å². The normalized spacial score (nSPS) is 16.6. The number of fused-ring (bicyclic) bond motifs is 2. The van der Waals surface area contributed by atoms with Gasteiger partial charge in [-0.05, 0) is 25.1 Å². The molecule has 4 aromatic rings. The summed E-state index contributed by atoms with van der Waals surface area (Å²) in [7, 11) is 0. The van der Waals surface area contributed by atoms with Gasteiger partial charge in [0.2, 0.25) is 5.91 Å². The molecule has 1 saturated heterocycles. The van der Waals surface area contributed by atoms with Crippen LogP contribution < -0.4 is 4.74 Å². The monoisotopic (exact) mass is 437 g/mol. The molecular formula is C22H23N5O3S. The van der Waals surface area contributed by atoms with Crippen molar-refractivity contribution in [1.29, 1.82) is 0 Å². The number of likely N-dealkylation sites (tertiary alicyclic amines) is 1. The highest BCUT2D eigenvalue weighted by molar-refractivity contribution is 7.20. The number of ether oxygens (including phenoxy) is 1. The Labute approximate surface area is 183 Å². The van der Waals surface area contributed by atoms with E-state index in [4.69, 9.17) is 9.15 Å². The average Bonchev–Trinajstić information content (AvgIpc) is 3.48. The SMILES string of the molecule is CCN(Cc1cc2ncc(Oc3nc4ncccc4s3)cc2o1)C1CCN(C(C)=O)C1. The van der Waals surface area contributed by atoms with E-state index in [0.29, 0.717) is 34.8 Å².